The van der Waals surface area contributed by atoms with E-state index in [2.05, 4.69) is 24.8 Å². The highest BCUT2D eigenvalue weighted by molar-refractivity contribution is 5.74. The van der Waals surface area contributed by atoms with Crippen molar-refractivity contribution in [2.45, 2.75) is 32.7 Å². The van der Waals surface area contributed by atoms with Crippen LogP contribution >= 0.6 is 0 Å². The van der Waals surface area contributed by atoms with E-state index in [0.717, 1.165) is 25.9 Å². The van der Waals surface area contributed by atoms with Crippen LogP contribution in [-0.4, -0.2) is 48.3 Å². The Labute approximate surface area is 109 Å². The lowest BCUT2D eigenvalue weighted by molar-refractivity contribution is -0.148. The second-order valence-electron chi connectivity index (χ2n) is 5.62. The number of hydrogen-bond acceptors (Lipinski definition) is 3. The Balaban J connectivity index is 2.10. The number of nitrogens with zero attached hydrogens (tertiary/aromatic N) is 1. The zero-order chi connectivity index (χ0) is 13.1. The number of ether oxygens (including phenoxy) is 1. The van der Waals surface area contributed by atoms with E-state index in [-0.39, 0.29) is 12.0 Å². The maximum Gasteiger partial charge on any atom is 0.321 e. The molecule has 1 N–H and O–H groups in total. The second-order valence-corrected chi connectivity index (χ2v) is 5.62. The zero-order valence-corrected chi connectivity index (χ0v) is 11.3. The third-order valence-electron chi connectivity index (χ3n) is 3.97. The van der Waals surface area contributed by atoms with Gasteiger partial charge in [-0.2, -0.15) is 0 Å². The molecule has 4 nitrogen and oxygen atoms in total. The number of aliphatic carboxylic acids is 1. The molecule has 1 fully saturated rings. The Kier molecular flexibility index (Phi) is 4.40. The second kappa shape index (κ2) is 5.85. The zero-order valence-electron chi connectivity index (χ0n) is 11.3. The number of morpholine rings is 1. The summed E-state index contributed by atoms with van der Waals surface area (Å²) in [6, 6.07) is -0.347. The predicted octanol–water partition coefficient (Wildman–Crippen LogP) is 1.76. The quantitative estimate of drug-likeness (QED) is 0.779. The smallest absolute Gasteiger partial charge is 0.321 e. The highest BCUT2D eigenvalue weighted by atomic mass is 16.5. The van der Waals surface area contributed by atoms with Crippen LogP contribution in [0.4, 0.5) is 0 Å². The van der Waals surface area contributed by atoms with Crippen molar-refractivity contribution in [3.05, 3.63) is 11.6 Å². The van der Waals surface area contributed by atoms with E-state index >= 15 is 0 Å². The van der Waals surface area contributed by atoms with Gasteiger partial charge >= 0.3 is 5.97 Å². The highest BCUT2D eigenvalue weighted by Gasteiger charge is 2.36. The third-order valence-corrected chi connectivity index (χ3v) is 3.97. The van der Waals surface area contributed by atoms with Crippen molar-refractivity contribution in [1.82, 2.24) is 4.90 Å². The van der Waals surface area contributed by atoms with Gasteiger partial charge < -0.3 is 9.84 Å². The molecule has 0 spiro atoms. The topological polar surface area (TPSA) is 49.8 Å². The lowest BCUT2D eigenvalue weighted by atomic mass is 9.79. The fourth-order valence-electron chi connectivity index (χ4n) is 3.35. The van der Waals surface area contributed by atoms with E-state index in [1.165, 1.54) is 5.57 Å². The molecule has 1 aliphatic carbocycles. The minimum Gasteiger partial charge on any atom is -0.480 e. The molecule has 0 aromatic rings. The average molecular weight is 253 g/mol. The third kappa shape index (κ3) is 3.12. The van der Waals surface area contributed by atoms with E-state index in [0.29, 0.717) is 19.1 Å². The van der Waals surface area contributed by atoms with Gasteiger partial charge in [0, 0.05) is 13.1 Å². The number of rotatable bonds is 3. The molecule has 0 bridgehead atoms. The summed E-state index contributed by atoms with van der Waals surface area (Å²) in [5.74, 6) is 0.0519. The first kappa shape index (κ1) is 13.6. The standard InChI is InChI=1S/C14H23NO3/c1-10-7-11(2)9-12(8-10)13(14(16)17)15-3-5-18-6-4-15/h7,10,12-13H,3-6,8-9H2,1-2H3,(H,16,17). The van der Waals surface area contributed by atoms with Crippen molar-refractivity contribution in [2.24, 2.45) is 11.8 Å². The van der Waals surface area contributed by atoms with Gasteiger partial charge in [0.1, 0.15) is 6.04 Å². The van der Waals surface area contributed by atoms with Gasteiger partial charge in [-0.15, -0.1) is 0 Å². The van der Waals surface area contributed by atoms with Crippen LogP contribution in [0.3, 0.4) is 0 Å². The van der Waals surface area contributed by atoms with Crippen LogP contribution < -0.4 is 0 Å². The van der Waals surface area contributed by atoms with Crippen LogP contribution in [0.1, 0.15) is 26.7 Å². The van der Waals surface area contributed by atoms with Gasteiger partial charge in [0.05, 0.1) is 13.2 Å². The first-order chi connectivity index (χ1) is 8.58. The van der Waals surface area contributed by atoms with E-state index in [1.54, 1.807) is 0 Å². The van der Waals surface area contributed by atoms with Crippen molar-refractivity contribution in [3.63, 3.8) is 0 Å². The van der Waals surface area contributed by atoms with Gasteiger partial charge in [-0.25, -0.2) is 0 Å². The monoisotopic (exact) mass is 253 g/mol. The summed E-state index contributed by atoms with van der Waals surface area (Å²) in [6.45, 7) is 7.08. The summed E-state index contributed by atoms with van der Waals surface area (Å²) in [5, 5.41) is 9.55. The van der Waals surface area contributed by atoms with E-state index in [9.17, 15) is 9.90 Å². The summed E-state index contributed by atoms with van der Waals surface area (Å²) in [4.78, 5) is 13.7. The Morgan fingerprint density at radius 3 is 2.72 bits per heavy atom. The molecule has 2 rings (SSSR count). The fourth-order valence-corrected chi connectivity index (χ4v) is 3.35. The molecule has 4 heteroatoms. The SMILES string of the molecule is CC1=CC(C)CC(C(C(=O)O)N2CCOCC2)C1. The van der Waals surface area contributed by atoms with Crippen LogP contribution in [0, 0.1) is 11.8 Å². The Bertz CT molecular complexity index is 334. The molecule has 2 aliphatic rings. The number of carbonyl (C=O) groups is 1. The normalized spacial score (nSPS) is 31.8. The molecule has 1 aliphatic heterocycles. The molecule has 0 aromatic heterocycles. The fraction of sp³-hybridized carbons (Fsp3) is 0.786. The molecular formula is C14H23NO3. The number of carboxylic acids is 1. The number of hydrogen-bond donors (Lipinski definition) is 1. The van der Waals surface area contributed by atoms with Crippen molar-refractivity contribution < 1.29 is 14.6 Å². The van der Waals surface area contributed by atoms with Gasteiger partial charge in [-0.05, 0) is 31.6 Å². The minimum atomic E-state index is -0.677. The highest BCUT2D eigenvalue weighted by Crippen LogP contribution is 2.32. The van der Waals surface area contributed by atoms with Crippen molar-refractivity contribution in [3.8, 4) is 0 Å². The number of allylic oxidation sites excluding steroid dienone is 2. The van der Waals surface area contributed by atoms with Gasteiger partial charge in [0.25, 0.3) is 0 Å². The Morgan fingerprint density at radius 2 is 2.17 bits per heavy atom. The van der Waals surface area contributed by atoms with Crippen LogP contribution in [0.25, 0.3) is 0 Å². The molecule has 3 unspecified atom stereocenters. The minimum absolute atomic E-state index is 0.237. The maximum absolute atomic E-state index is 11.6. The van der Waals surface area contributed by atoms with Gasteiger partial charge in [0.2, 0.25) is 0 Å². The molecule has 0 saturated carbocycles. The lowest BCUT2D eigenvalue weighted by Crippen LogP contribution is -2.51. The van der Waals surface area contributed by atoms with Gasteiger partial charge in [0.15, 0.2) is 0 Å². The Hall–Kier alpha value is -0.870. The predicted molar refractivity (Wildman–Crippen MR) is 69.5 cm³/mol. The molecule has 1 heterocycles. The Morgan fingerprint density at radius 1 is 1.50 bits per heavy atom. The molecule has 0 aromatic carbocycles. The van der Waals surface area contributed by atoms with Crippen molar-refractivity contribution in [2.75, 3.05) is 26.3 Å². The summed E-state index contributed by atoms with van der Waals surface area (Å²) < 4.78 is 5.31. The van der Waals surface area contributed by atoms with Crippen molar-refractivity contribution in [1.29, 1.82) is 0 Å². The molecule has 0 amide bonds. The first-order valence-electron chi connectivity index (χ1n) is 6.80. The average Bonchev–Trinajstić information content (AvgIpc) is 2.28. The summed E-state index contributed by atoms with van der Waals surface area (Å²) in [5.41, 5.74) is 1.33. The van der Waals surface area contributed by atoms with Gasteiger partial charge in [-0.1, -0.05) is 18.6 Å². The van der Waals surface area contributed by atoms with E-state index in [4.69, 9.17) is 4.74 Å². The first-order valence-corrected chi connectivity index (χ1v) is 6.80. The largest absolute Gasteiger partial charge is 0.480 e. The molecule has 0 radical (unpaired) electrons. The molecule has 102 valence electrons. The summed E-state index contributed by atoms with van der Waals surface area (Å²) in [7, 11) is 0. The van der Waals surface area contributed by atoms with Crippen LogP contribution in [0.15, 0.2) is 11.6 Å². The number of carboxylic acid groups (broad SMARTS) is 1. The molecular weight excluding hydrogens is 230 g/mol. The van der Waals surface area contributed by atoms with Gasteiger partial charge in [-0.3, -0.25) is 9.69 Å². The summed E-state index contributed by atoms with van der Waals surface area (Å²) >= 11 is 0. The van der Waals surface area contributed by atoms with Crippen LogP contribution in [-0.2, 0) is 9.53 Å². The summed E-state index contributed by atoms with van der Waals surface area (Å²) in [6.07, 6.45) is 4.17. The van der Waals surface area contributed by atoms with E-state index in [1.807, 2.05) is 0 Å². The van der Waals surface area contributed by atoms with E-state index < -0.39 is 5.97 Å². The molecule has 1 saturated heterocycles. The molecule has 18 heavy (non-hydrogen) atoms. The lowest BCUT2D eigenvalue weighted by Gasteiger charge is -2.38. The van der Waals surface area contributed by atoms with Crippen molar-refractivity contribution >= 4 is 5.97 Å². The molecule has 3 atom stereocenters. The maximum atomic E-state index is 11.6. The van der Waals surface area contributed by atoms with Crippen LogP contribution in [0.2, 0.25) is 0 Å². The van der Waals surface area contributed by atoms with Crippen LogP contribution in [0.5, 0.6) is 0 Å².